The quantitative estimate of drug-likeness (QED) is 0.770. The summed E-state index contributed by atoms with van der Waals surface area (Å²) < 4.78 is 29.7. The molecule has 1 heterocycles. The van der Waals surface area contributed by atoms with E-state index in [1.165, 1.54) is 0 Å². The van der Waals surface area contributed by atoms with Crippen LogP contribution in [0.1, 0.15) is 27.9 Å². The normalized spacial score (nSPS) is 13.1. The fourth-order valence-corrected chi connectivity index (χ4v) is 4.25. The van der Waals surface area contributed by atoms with Crippen LogP contribution in [0.25, 0.3) is 0 Å². The van der Waals surface area contributed by atoms with Crippen LogP contribution in [-0.4, -0.2) is 33.2 Å². The van der Waals surface area contributed by atoms with Crippen molar-refractivity contribution in [1.29, 1.82) is 0 Å². The van der Waals surface area contributed by atoms with Gasteiger partial charge in [-0.2, -0.15) is 0 Å². The van der Waals surface area contributed by atoms with Gasteiger partial charge in [0.1, 0.15) is 5.75 Å². The molecule has 25 heavy (non-hydrogen) atoms. The van der Waals surface area contributed by atoms with Crippen LogP contribution in [0.5, 0.6) is 5.75 Å². The summed E-state index contributed by atoms with van der Waals surface area (Å²) in [5.74, 6) is 0.742. The predicted molar refractivity (Wildman–Crippen MR) is 96.5 cm³/mol. The maximum Gasteiger partial charge on any atom is 0.251 e. The number of hydrogen-bond donors (Lipinski definition) is 1. The first-order chi connectivity index (χ1) is 12.0. The minimum absolute atomic E-state index is 0.0343. The largest absolute Gasteiger partial charge is 0.493 e. The van der Waals surface area contributed by atoms with Crippen LogP contribution in [0.3, 0.4) is 0 Å². The van der Waals surface area contributed by atoms with Crippen LogP contribution >= 0.6 is 0 Å². The number of sulfone groups is 1. The van der Waals surface area contributed by atoms with Crippen molar-refractivity contribution in [3.05, 3.63) is 65.2 Å². The van der Waals surface area contributed by atoms with Crippen molar-refractivity contribution in [2.75, 3.05) is 18.9 Å². The summed E-state index contributed by atoms with van der Waals surface area (Å²) in [6.07, 6.45) is 1.21. The molecule has 0 spiro atoms. The van der Waals surface area contributed by atoms with Crippen molar-refractivity contribution in [1.82, 2.24) is 5.32 Å². The Kier molecular flexibility index (Phi) is 5.38. The monoisotopic (exact) mass is 359 g/mol. The molecule has 1 amide bonds. The highest BCUT2D eigenvalue weighted by atomic mass is 32.2. The molecule has 6 heteroatoms. The molecule has 0 bridgehead atoms. The van der Waals surface area contributed by atoms with Crippen LogP contribution in [-0.2, 0) is 22.0 Å². The molecule has 0 saturated carbocycles. The topological polar surface area (TPSA) is 72.5 Å². The van der Waals surface area contributed by atoms with E-state index in [1.807, 2.05) is 30.3 Å². The van der Waals surface area contributed by atoms with E-state index >= 15 is 0 Å². The molecule has 0 aliphatic carbocycles. The molecule has 1 aliphatic heterocycles. The van der Waals surface area contributed by atoms with E-state index in [9.17, 15) is 13.2 Å². The minimum Gasteiger partial charge on any atom is -0.493 e. The molecule has 0 saturated heterocycles. The smallest absolute Gasteiger partial charge is 0.251 e. The Bertz CT molecular complexity index is 847. The zero-order valence-electron chi connectivity index (χ0n) is 13.9. The summed E-state index contributed by atoms with van der Waals surface area (Å²) in [5, 5.41) is 2.78. The van der Waals surface area contributed by atoms with E-state index in [0.29, 0.717) is 25.1 Å². The maximum atomic E-state index is 12.2. The summed E-state index contributed by atoms with van der Waals surface area (Å²) in [5.41, 5.74) is 2.40. The molecule has 1 N–H and O–H groups in total. The van der Waals surface area contributed by atoms with Gasteiger partial charge in [-0.1, -0.05) is 30.3 Å². The van der Waals surface area contributed by atoms with Gasteiger partial charge in [-0.25, -0.2) is 8.42 Å². The first-order valence-electron chi connectivity index (χ1n) is 8.32. The molecular weight excluding hydrogens is 338 g/mol. The van der Waals surface area contributed by atoms with Gasteiger partial charge in [0.2, 0.25) is 0 Å². The fraction of sp³-hybridized carbons (Fsp3) is 0.316. The lowest BCUT2D eigenvalue weighted by Crippen LogP contribution is -2.26. The lowest BCUT2D eigenvalue weighted by Gasteiger charge is -2.07. The van der Waals surface area contributed by atoms with Crippen LogP contribution in [0.15, 0.2) is 48.5 Å². The van der Waals surface area contributed by atoms with Gasteiger partial charge in [0, 0.05) is 18.5 Å². The Morgan fingerprint density at radius 2 is 1.92 bits per heavy atom. The molecular formula is C19H21NO4S. The third-order valence-corrected chi connectivity index (χ3v) is 5.78. The Morgan fingerprint density at radius 1 is 1.12 bits per heavy atom. The summed E-state index contributed by atoms with van der Waals surface area (Å²) in [6, 6.07) is 14.5. The van der Waals surface area contributed by atoms with Gasteiger partial charge in [-0.05, 0) is 35.7 Å². The van der Waals surface area contributed by atoms with Crippen molar-refractivity contribution in [2.24, 2.45) is 0 Å². The zero-order valence-corrected chi connectivity index (χ0v) is 14.7. The molecule has 1 aliphatic rings. The summed E-state index contributed by atoms with van der Waals surface area (Å²) in [7, 11) is -3.17. The standard InChI is InChI=1S/C19H21NO4S/c21-19(17-7-8-18-16(13-17)9-11-24-18)20-10-4-12-25(22,23)14-15-5-2-1-3-6-15/h1-3,5-8,13H,4,9-12,14H2,(H,20,21). The summed E-state index contributed by atoms with van der Waals surface area (Å²) >= 11 is 0. The highest BCUT2D eigenvalue weighted by Gasteiger charge is 2.15. The Hall–Kier alpha value is -2.34. The molecule has 3 rings (SSSR count). The van der Waals surface area contributed by atoms with Crippen LogP contribution in [0.4, 0.5) is 0 Å². The number of carbonyl (C=O) groups excluding carboxylic acids is 1. The van der Waals surface area contributed by atoms with E-state index in [2.05, 4.69) is 5.32 Å². The van der Waals surface area contributed by atoms with Crippen LogP contribution in [0, 0.1) is 0 Å². The molecule has 2 aromatic rings. The second-order valence-corrected chi connectivity index (χ2v) is 8.29. The van der Waals surface area contributed by atoms with E-state index in [-0.39, 0.29) is 17.4 Å². The van der Waals surface area contributed by atoms with Crippen molar-refractivity contribution >= 4 is 15.7 Å². The highest BCUT2D eigenvalue weighted by molar-refractivity contribution is 7.90. The molecule has 0 radical (unpaired) electrons. The molecule has 0 fully saturated rings. The first kappa shape index (κ1) is 17.5. The van der Waals surface area contributed by atoms with Crippen molar-refractivity contribution < 1.29 is 17.9 Å². The van der Waals surface area contributed by atoms with E-state index in [0.717, 1.165) is 23.3 Å². The second kappa shape index (κ2) is 7.70. The van der Waals surface area contributed by atoms with E-state index in [4.69, 9.17) is 4.74 Å². The van der Waals surface area contributed by atoms with Gasteiger partial charge in [0.25, 0.3) is 5.91 Å². The van der Waals surface area contributed by atoms with Gasteiger partial charge in [-0.3, -0.25) is 4.79 Å². The summed E-state index contributed by atoms with van der Waals surface area (Å²) in [4.78, 5) is 12.2. The fourth-order valence-electron chi connectivity index (χ4n) is 2.82. The average molecular weight is 359 g/mol. The van der Waals surface area contributed by atoms with Gasteiger partial charge in [-0.15, -0.1) is 0 Å². The second-order valence-electron chi connectivity index (χ2n) is 6.11. The Labute approximate surface area is 147 Å². The van der Waals surface area contributed by atoms with E-state index in [1.54, 1.807) is 18.2 Å². The number of hydrogen-bond acceptors (Lipinski definition) is 4. The van der Waals surface area contributed by atoms with Gasteiger partial charge in [0.15, 0.2) is 9.84 Å². The maximum absolute atomic E-state index is 12.2. The van der Waals surface area contributed by atoms with Crippen LogP contribution in [0.2, 0.25) is 0 Å². The molecule has 0 aromatic heterocycles. The third-order valence-electron chi connectivity index (χ3n) is 4.10. The predicted octanol–water partition coefficient (Wildman–Crippen LogP) is 2.36. The van der Waals surface area contributed by atoms with Crippen molar-refractivity contribution in [3.63, 3.8) is 0 Å². The number of carbonyl (C=O) groups is 1. The van der Waals surface area contributed by atoms with Gasteiger partial charge < -0.3 is 10.1 Å². The highest BCUT2D eigenvalue weighted by Crippen LogP contribution is 2.25. The lowest BCUT2D eigenvalue weighted by atomic mass is 10.1. The number of fused-ring (bicyclic) bond motifs is 1. The molecule has 132 valence electrons. The first-order valence-corrected chi connectivity index (χ1v) is 10.1. The molecule has 0 atom stereocenters. The molecule has 5 nitrogen and oxygen atoms in total. The average Bonchev–Trinajstić information content (AvgIpc) is 3.06. The third kappa shape index (κ3) is 4.82. The number of amides is 1. The minimum atomic E-state index is -3.17. The van der Waals surface area contributed by atoms with Crippen LogP contribution < -0.4 is 10.1 Å². The SMILES string of the molecule is O=C(NCCCS(=O)(=O)Cc1ccccc1)c1ccc2c(c1)CCO2. The number of ether oxygens (including phenoxy) is 1. The Balaban J connectivity index is 1.45. The van der Waals surface area contributed by atoms with Gasteiger partial charge >= 0.3 is 0 Å². The van der Waals surface area contributed by atoms with Gasteiger partial charge in [0.05, 0.1) is 18.1 Å². The van der Waals surface area contributed by atoms with Crippen molar-refractivity contribution in [3.8, 4) is 5.75 Å². The number of benzene rings is 2. The number of nitrogens with one attached hydrogen (secondary N) is 1. The molecule has 2 aromatic carbocycles. The van der Waals surface area contributed by atoms with Crippen molar-refractivity contribution in [2.45, 2.75) is 18.6 Å². The lowest BCUT2D eigenvalue weighted by molar-refractivity contribution is 0.0953. The summed E-state index contributed by atoms with van der Waals surface area (Å²) in [6.45, 7) is 0.986. The van der Waals surface area contributed by atoms with E-state index < -0.39 is 9.84 Å². The number of rotatable bonds is 7. The molecule has 0 unspecified atom stereocenters. The Morgan fingerprint density at radius 3 is 2.72 bits per heavy atom. The zero-order chi connectivity index (χ0) is 17.7.